The van der Waals surface area contributed by atoms with Crippen LogP contribution in [0.1, 0.15) is 11.9 Å². The number of hydrogen-bond acceptors (Lipinski definition) is 5. The number of aliphatic hydroxyl groups excluding tert-OH is 1. The molecule has 0 aliphatic heterocycles. The Labute approximate surface area is 76.3 Å². The van der Waals surface area contributed by atoms with E-state index in [-0.39, 0.29) is 6.61 Å². The van der Waals surface area contributed by atoms with Gasteiger partial charge in [-0.25, -0.2) is 0 Å². The van der Waals surface area contributed by atoms with Crippen molar-refractivity contribution in [1.29, 1.82) is 0 Å². The maximum atomic E-state index is 8.82. The van der Waals surface area contributed by atoms with Crippen LogP contribution in [-0.2, 0) is 11.3 Å². The number of methoxy groups -OCH3 is 1. The second-order valence-electron chi connectivity index (χ2n) is 2.66. The normalized spacial score (nSPS) is 13.2. The molecule has 0 saturated heterocycles. The molecule has 0 aromatic carbocycles. The molecule has 1 aromatic heterocycles. The van der Waals surface area contributed by atoms with Gasteiger partial charge in [0.1, 0.15) is 6.33 Å². The lowest BCUT2D eigenvalue weighted by atomic mass is 10.3. The van der Waals surface area contributed by atoms with E-state index in [0.29, 0.717) is 19.0 Å². The predicted molar refractivity (Wildman–Crippen MR) is 45.9 cm³/mol. The van der Waals surface area contributed by atoms with Gasteiger partial charge in [-0.05, 0) is 0 Å². The first-order valence-electron chi connectivity index (χ1n) is 4.02. The van der Waals surface area contributed by atoms with Gasteiger partial charge in [0.05, 0.1) is 19.3 Å². The highest BCUT2D eigenvalue weighted by Gasteiger charge is 2.11. The first-order valence-corrected chi connectivity index (χ1v) is 4.02. The van der Waals surface area contributed by atoms with Crippen molar-refractivity contribution in [1.82, 2.24) is 14.8 Å². The molecule has 6 heteroatoms. The maximum Gasteiger partial charge on any atom is 0.152 e. The highest BCUT2D eigenvalue weighted by molar-refractivity contribution is 4.93. The van der Waals surface area contributed by atoms with Crippen molar-refractivity contribution in [2.24, 2.45) is 5.73 Å². The average Bonchev–Trinajstić information content (AvgIpc) is 2.61. The summed E-state index contributed by atoms with van der Waals surface area (Å²) in [5.74, 6) is 0.583. The van der Waals surface area contributed by atoms with Crippen molar-refractivity contribution < 1.29 is 9.84 Å². The Morgan fingerprint density at radius 3 is 3.15 bits per heavy atom. The van der Waals surface area contributed by atoms with Crippen LogP contribution in [0.3, 0.4) is 0 Å². The van der Waals surface area contributed by atoms with E-state index in [4.69, 9.17) is 15.6 Å². The molecule has 0 amide bonds. The average molecular weight is 186 g/mol. The van der Waals surface area contributed by atoms with E-state index in [1.54, 1.807) is 18.0 Å². The molecule has 74 valence electrons. The van der Waals surface area contributed by atoms with Crippen LogP contribution in [0.4, 0.5) is 0 Å². The molecule has 1 rings (SSSR count). The molecular weight excluding hydrogens is 172 g/mol. The highest BCUT2D eigenvalue weighted by Crippen LogP contribution is 2.04. The zero-order valence-corrected chi connectivity index (χ0v) is 7.55. The van der Waals surface area contributed by atoms with Crippen LogP contribution >= 0.6 is 0 Å². The van der Waals surface area contributed by atoms with Gasteiger partial charge in [-0.1, -0.05) is 0 Å². The molecular formula is C7H14N4O2. The molecule has 13 heavy (non-hydrogen) atoms. The molecule has 0 fully saturated rings. The Bertz CT molecular complexity index is 250. The SMILES string of the molecule is COCCn1cnnc1[C@@H](N)CO. The molecule has 0 unspecified atom stereocenters. The summed E-state index contributed by atoms with van der Waals surface area (Å²) in [6, 6.07) is -0.473. The van der Waals surface area contributed by atoms with E-state index in [2.05, 4.69) is 10.2 Å². The summed E-state index contributed by atoms with van der Waals surface area (Å²) in [6.07, 6.45) is 1.57. The summed E-state index contributed by atoms with van der Waals surface area (Å²) in [7, 11) is 1.62. The summed E-state index contributed by atoms with van der Waals surface area (Å²) < 4.78 is 6.67. The monoisotopic (exact) mass is 186 g/mol. The van der Waals surface area contributed by atoms with Gasteiger partial charge in [0.15, 0.2) is 5.82 Å². The van der Waals surface area contributed by atoms with Gasteiger partial charge in [0.2, 0.25) is 0 Å². The quantitative estimate of drug-likeness (QED) is 0.610. The van der Waals surface area contributed by atoms with Gasteiger partial charge in [-0.3, -0.25) is 0 Å². The lowest BCUT2D eigenvalue weighted by Crippen LogP contribution is -2.20. The Morgan fingerprint density at radius 1 is 1.77 bits per heavy atom. The van der Waals surface area contributed by atoms with Crippen LogP contribution in [0, 0.1) is 0 Å². The van der Waals surface area contributed by atoms with Crippen LogP contribution in [0.2, 0.25) is 0 Å². The third-order valence-corrected chi connectivity index (χ3v) is 1.71. The number of hydrogen-bond donors (Lipinski definition) is 2. The van der Waals surface area contributed by atoms with Gasteiger partial charge in [0, 0.05) is 13.7 Å². The van der Waals surface area contributed by atoms with E-state index in [9.17, 15) is 0 Å². The standard InChI is InChI=1S/C7H14N4O2/c1-13-3-2-11-5-9-10-7(11)6(8)4-12/h5-6,12H,2-4,8H2,1H3/t6-/m0/s1. The van der Waals surface area contributed by atoms with Crippen molar-refractivity contribution in [3.8, 4) is 0 Å². The number of aromatic nitrogens is 3. The van der Waals surface area contributed by atoms with E-state index in [1.165, 1.54) is 0 Å². The molecule has 0 aliphatic rings. The summed E-state index contributed by atoms with van der Waals surface area (Å²) >= 11 is 0. The van der Waals surface area contributed by atoms with Crippen LogP contribution in [0.5, 0.6) is 0 Å². The maximum absolute atomic E-state index is 8.82. The van der Waals surface area contributed by atoms with Crippen molar-refractivity contribution >= 4 is 0 Å². The molecule has 1 heterocycles. The third kappa shape index (κ3) is 2.48. The Balaban J connectivity index is 2.65. The summed E-state index contributed by atoms with van der Waals surface area (Å²) in [6.45, 7) is 1.08. The molecule has 6 nitrogen and oxygen atoms in total. The fourth-order valence-corrected chi connectivity index (χ4v) is 0.995. The van der Waals surface area contributed by atoms with Gasteiger partial charge in [-0.2, -0.15) is 0 Å². The number of nitrogens with zero attached hydrogens (tertiary/aromatic N) is 3. The van der Waals surface area contributed by atoms with E-state index >= 15 is 0 Å². The first kappa shape index (κ1) is 10.1. The van der Waals surface area contributed by atoms with E-state index in [1.807, 2.05) is 0 Å². The molecule has 3 N–H and O–H groups in total. The second kappa shape index (κ2) is 4.90. The smallest absolute Gasteiger partial charge is 0.152 e. The molecule has 0 bridgehead atoms. The minimum Gasteiger partial charge on any atom is -0.394 e. The number of nitrogens with two attached hydrogens (primary N) is 1. The highest BCUT2D eigenvalue weighted by atomic mass is 16.5. The molecule has 0 saturated carbocycles. The largest absolute Gasteiger partial charge is 0.394 e. The molecule has 0 radical (unpaired) electrons. The molecule has 0 spiro atoms. The van der Waals surface area contributed by atoms with Crippen LogP contribution in [0.15, 0.2) is 6.33 Å². The third-order valence-electron chi connectivity index (χ3n) is 1.71. The van der Waals surface area contributed by atoms with Crippen molar-refractivity contribution in [2.45, 2.75) is 12.6 Å². The molecule has 1 aromatic rings. The van der Waals surface area contributed by atoms with E-state index < -0.39 is 6.04 Å². The van der Waals surface area contributed by atoms with Gasteiger partial charge >= 0.3 is 0 Å². The van der Waals surface area contributed by atoms with E-state index in [0.717, 1.165) is 0 Å². The summed E-state index contributed by atoms with van der Waals surface area (Å²) in [5, 5.41) is 16.3. The number of aliphatic hydroxyl groups is 1. The van der Waals surface area contributed by atoms with Gasteiger partial charge in [-0.15, -0.1) is 10.2 Å². The molecule has 1 atom stereocenters. The van der Waals surface area contributed by atoms with Gasteiger partial charge in [0.25, 0.3) is 0 Å². The minimum absolute atomic E-state index is 0.133. The Morgan fingerprint density at radius 2 is 2.54 bits per heavy atom. The Kier molecular flexibility index (Phi) is 3.81. The number of ether oxygens (including phenoxy) is 1. The Hall–Kier alpha value is -0.980. The summed E-state index contributed by atoms with van der Waals surface area (Å²) in [4.78, 5) is 0. The molecule has 0 aliphatic carbocycles. The predicted octanol–water partition coefficient (Wildman–Crippen LogP) is -1.08. The lowest BCUT2D eigenvalue weighted by Gasteiger charge is -2.09. The van der Waals surface area contributed by atoms with Crippen molar-refractivity contribution in [2.75, 3.05) is 20.3 Å². The fourth-order valence-electron chi connectivity index (χ4n) is 0.995. The van der Waals surface area contributed by atoms with Crippen molar-refractivity contribution in [3.05, 3.63) is 12.2 Å². The van der Waals surface area contributed by atoms with Crippen LogP contribution in [0.25, 0.3) is 0 Å². The lowest BCUT2D eigenvalue weighted by molar-refractivity contribution is 0.184. The number of rotatable bonds is 5. The van der Waals surface area contributed by atoms with Gasteiger partial charge < -0.3 is 20.1 Å². The zero-order valence-electron chi connectivity index (χ0n) is 7.55. The van der Waals surface area contributed by atoms with Crippen LogP contribution in [-0.4, -0.2) is 40.2 Å². The van der Waals surface area contributed by atoms with Crippen LogP contribution < -0.4 is 5.73 Å². The first-order chi connectivity index (χ1) is 6.29. The minimum atomic E-state index is -0.473. The second-order valence-corrected chi connectivity index (χ2v) is 2.66. The summed E-state index contributed by atoms with van der Waals surface area (Å²) in [5.41, 5.74) is 5.60. The fraction of sp³-hybridized carbons (Fsp3) is 0.714. The zero-order chi connectivity index (χ0) is 9.68. The topological polar surface area (TPSA) is 86.2 Å². The van der Waals surface area contributed by atoms with Crippen molar-refractivity contribution in [3.63, 3.8) is 0 Å².